The Hall–Kier alpha value is -4.32. The van der Waals surface area contributed by atoms with Gasteiger partial charge in [0.15, 0.2) is 0 Å². The van der Waals surface area contributed by atoms with Gasteiger partial charge in [0.05, 0.1) is 25.3 Å². The van der Waals surface area contributed by atoms with E-state index >= 15 is 0 Å². The molecule has 1 N–H and O–H groups in total. The van der Waals surface area contributed by atoms with E-state index in [0.29, 0.717) is 0 Å². The van der Waals surface area contributed by atoms with Crippen molar-refractivity contribution in [1.29, 1.82) is 0 Å². The van der Waals surface area contributed by atoms with Gasteiger partial charge < -0.3 is 14.5 Å². The standard InChI is InChI=1S/C17H15NO2.C11H11NO2/c1-12-10-17(19)18(13-6-4-3-5-7-13)16-11-14(20-2)8-9-15(12)16;1-7-5-11(13)12-10-6-8(14-2)3-4-9(7)10/h3-11H,1-2H3;3-6H,1-2H3,(H,12,13). The van der Waals surface area contributed by atoms with Gasteiger partial charge >= 0.3 is 0 Å². The lowest BCUT2D eigenvalue weighted by Gasteiger charge is -2.13. The first-order valence-electron chi connectivity index (χ1n) is 10.8. The summed E-state index contributed by atoms with van der Waals surface area (Å²) < 4.78 is 12.1. The summed E-state index contributed by atoms with van der Waals surface area (Å²) in [4.78, 5) is 26.4. The van der Waals surface area contributed by atoms with Crippen LogP contribution in [0.15, 0.2) is 88.5 Å². The van der Waals surface area contributed by atoms with Crippen LogP contribution in [0.25, 0.3) is 27.5 Å². The number of para-hydroxylation sites is 1. The molecular formula is C28H26N2O4. The maximum atomic E-state index is 12.4. The van der Waals surface area contributed by atoms with Crippen LogP contribution in [-0.4, -0.2) is 23.8 Å². The van der Waals surface area contributed by atoms with Crippen molar-refractivity contribution in [3.8, 4) is 17.2 Å². The number of aromatic nitrogens is 2. The molecule has 2 heterocycles. The van der Waals surface area contributed by atoms with Gasteiger partial charge in [0.1, 0.15) is 11.5 Å². The molecule has 2 aromatic heterocycles. The average molecular weight is 455 g/mol. The number of benzene rings is 3. The zero-order valence-corrected chi connectivity index (χ0v) is 19.6. The molecule has 0 aliphatic carbocycles. The second-order valence-corrected chi connectivity index (χ2v) is 7.95. The second-order valence-electron chi connectivity index (χ2n) is 7.95. The minimum Gasteiger partial charge on any atom is -0.497 e. The van der Waals surface area contributed by atoms with Gasteiger partial charge in [-0.3, -0.25) is 14.2 Å². The van der Waals surface area contributed by atoms with Gasteiger partial charge in [0.2, 0.25) is 5.56 Å². The summed E-state index contributed by atoms with van der Waals surface area (Å²) in [6.07, 6.45) is 0. The number of fused-ring (bicyclic) bond motifs is 2. The van der Waals surface area contributed by atoms with Gasteiger partial charge in [-0.25, -0.2) is 0 Å². The third-order valence-electron chi connectivity index (χ3n) is 5.70. The molecule has 0 aliphatic rings. The van der Waals surface area contributed by atoms with Crippen LogP contribution in [0.3, 0.4) is 0 Å². The molecule has 5 rings (SSSR count). The molecule has 0 spiro atoms. The van der Waals surface area contributed by atoms with Crippen LogP contribution >= 0.6 is 0 Å². The molecular weight excluding hydrogens is 428 g/mol. The Balaban J connectivity index is 0.000000172. The fraction of sp³-hybridized carbons (Fsp3) is 0.143. The molecule has 6 heteroatoms. The monoisotopic (exact) mass is 454 g/mol. The third-order valence-corrected chi connectivity index (χ3v) is 5.70. The highest BCUT2D eigenvalue weighted by molar-refractivity contribution is 5.85. The Labute approximate surface area is 197 Å². The number of pyridine rings is 2. The van der Waals surface area contributed by atoms with Gasteiger partial charge in [0, 0.05) is 40.7 Å². The minimum absolute atomic E-state index is 0.0329. The summed E-state index contributed by atoms with van der Waals surface area (Å²) in [5.74, 6) is 1.49. The number of aryl methyl sites for hydroxylation is 2. The van der Waals surface area contributed by atoms with E-state index < -0.39 is 0 Å². The Morgan fingerprint density at radius 3 is 2.00 bits per heavy atom. The number of nitrogens with one attached hydrogen (secondary N) is 1. The van der Waals surface area contributed by atoms with Crippen molar-refractivity contribution in [3.63, 3.8) is 0 Å². The summed E-state index contributed by atoms with van der Waals surface area (Å²) in [5.41, 5.74) is 4.37. The van der Waals surface area contributed by atoms with E-state index in [2.05, 4.69) is 4.98 Å². The summed E-state index contributed by atoms with van der Waals surface area (Å²) in [6.45, 7) is 3.87. The lowest BCUT2D eigenvalue weighted by molar-refractivity contribution is 0.415. The topological polar surface area (TPSA) is 73.3 Å². The van der Waals surface area contributed by atoms with Crippen LogP contribution in [0.2, 0.25) is 0 Å². The van der Waals surface area contributed by atoms with Gasteiger partial charge in [-0.05, 0) is 61.4 Å². The van der Waals surface area contributed by atoms with Gasteiger partial charge in [0.25, 0.3) is 5.56 Å². The second kappa shape index (κ2) is 9.67. The molecule has 0 saturated heterocycles. The summed E-state index contributed by atoms with van der Waals surface area (Å²) >= 11 is 0. The van der Waals surface area contributed by atoms with E-state index in [0.717, 1.165) is 50.1 Å². The Bertz CT molecular complexity index is 1580. The van der Waals surface area contributed by atoms with E-state index in [1.165, 1.54) is 0 Å². The average Bonchev–Trinajstić information content (AvgIpc) is 2.84. The number of nitrogens with zero attached hydrogens (tertiary/aromatic N) is 1. The first-order chi connectivity index (χ1) is 16.4. The van der Waals surface area contributed by atoms with Crippen LogP contribution < -0.4 is 20.6 Å². The number of H-pyrrole nitrogens is 1. The molecule has 6 nitrogen and oxygen atoms in total. The first-order valence-corrected chi connectivity index (χ1v) is 10.8. The normalized spacial score (nSPS) is 10.6. The molecule has 0 aliphatic heterocycles. The highest BCUT2D eigenvalue weighted by Gasteiger charge is 2.09. The fourth-order valence-electron chi connectivity index (χ4n) is 3.99. The number of methoxy groups -OCH3 is 2. The highest BCUT2D eigenvalue weighted by Crippen LogP contribution is 2.24. The molecule has 0 atom stereocenters. The van der Waals surface area contributed by atoms with Crippen LogP contribution in [0.5, 0.6) is 11.5 Å². The van der Waals surface area contributed by atoms with Gasteiger partial charge in [-0.1, -0.05) is 18.2 Å². The smallest absolute Gasteiger partial charge is 0.255 e. The minimum atomic E-state index is -0.0803. The molecule has 0 bridgehead atoms. The molecule has 0 fully saturated rings. The predicted molar refractivity (Wildman–Crippen MR) is 137 cm³/mol. The van der Waals surface area contributed by atoms with Crippen LogP contribution in [-0.2, 0) is 0 Å². The van der Waals surface area contributed by atoms with E-state index in [1.807, 2.05) is 80.6 Å². The molecule has 34 heavy (non-hydrogen) atoms. The van der Waals surface area contributed by atoms with Crippen molar-refractivity contribution >= 4 is 21.8 Å². The van der Waals surface area contributed by atoms with Crippen molar-refractivity contribution in [2.24, 2.45) is 0 Å². The van der Waals surface area contributed by atoms with E-state index in [9.17, 15) is 9.59 Å². The lowest BCUT2D eigenvalue weighted by Crippen LogP contribution is -2.18. The number of hydrogen-bond acceptors (Lipinski definition) is 4. The van der Waals surface area contributed by atoms with E-state index in [-0.39, 0.29) is 11.1 Å². The molecule has 0 unspecified atom stereocenters. The van der Waals surface area contributed by atoms with Gasteiger partial charge in [-0.2, -0.15) is 0 Å². The van der Waals surface area contributed by atoms with Crippen molar-refractivity contribution < 1.29 is 9.47 Å². The summed E-state index contributed by atoms with van der Waals surface area (Å²) in [5, 5.41) is 2.10. The van der Waals surface area contributed by atoms with Crippen molar-refractivity contribution in [1.82, 2.24) is 9.55 Å². The number of hydrogen-bond donors (Lipinski definition) is 1. The van der Waals surface area contributed by atoms with Crippen LogP contribution in [0.4, 0.5) is 0 Å². The molecule has 0 saturated carbocycles. The SMILES string of the molecule is COc1ccc2c(C)cc(=O)[nH]c2c1.COc1ccc2c(C)cc(=O)n(-c3ccccc3)c2c1. The molecule has 172 valence electrons. The maximum absolute atomic E-state index is 12.4. The van der Waals surface area contributed by atoms with E-state index in [4.69, 9.17) is 9.47 Å². The number of aromatic amines is 1. The maximum Gasteiger partial charge on any atom is 0.255 e. The zero-order chi connectivity index (χ0) is 24.2. The van der Waals surface area contributed by atoms with E-state index in [1.54, 1.807) is 30.9 Å². The quantitative estimate of drug-likeness (QED) is 0.409. The zero-order valence-electron chi connectivity index (χ0n) is 19.6. The summed E-state index contributed by atoms with van der Waals surface area (Å²) in [6, 6.07) is 24.3. The van der Waals surface area contributed by atoms with Crippen molar-refractivity contribution in [2.45, 2.75) is 13.8 Å². The first kappa shape index (κ1) is 22.9. The highest BCUT2D eigenvalue weighted by atomic mass is 16.5. The summed E-state index contributed by atoms with van der Waals surface area (Å²) in [7, 11) is 3.23. The number of rotatable bonds is 3. The van der Waals surface area contributed by atoms with Crippen molar-refractivity contribution in [3.05, 3.63) is 111 Å². The van der Waals surface area contributed by atoms with Crippen LogP contribution in [0.1, 0.15) is 11.1 Å². The number of ether oxygens (including phenoxy) is 2. The molecule has 0 radical (unpaired) electrons. The molecule has 5 aromatic rings. The van der Waals surface area contributed by atoms with Gasteiger partial charge in [-0.15, -0.1) is 0 Å². The fourth-order valence-corrected chi connectivity index (χ4v) is 3.99. The van der Waals surface area contributed by atoms with Crippen molar-refractivity contribution in [2.75, 3.05) is 14.2 Å². The molecule has 3 aromatic carbocycles. The largest absolute Gasteiger partial charge is 0.497 e. The Kier molecular flexibility index (Phi) is 6.50. The molecule has 0 amide bonds. The Morgan fingerprint density at radius 2 is 1.32 bits per heavy atom. The van der Waals surface area contributed by atoms with Crippen LogP contribution in [0, 0.1) is 13.8 Å². The lowest BCUT2D eigenvalue weighted by atomic mass is 10.1. The Morgan fingerprint density at radius 1 is 0.706 bits per heavy atom. The third kappa shape index (κ3) is 4.57. The predicted octanol–water partition coefficient (Wildman–Crippen LogP) is 5.15.